The molecule has 0 aliphatic carbocycles. The second kappa shape index (κ2) is 11.5. The molecular formula is C24H34N4O2+2. The summed E-state index contributed by atoms with van der Waals surface area (Å²) in [7, 11) is 0. The van der Waals surface area contributed by atoms with Crippen LogP contribution in [0.1, 0.15) is 30.5 Å². The van der Waals surface area contributed by atoms with Crippen LogP contribution in [0.15, 0.2) is 60.7 Å². The number of nitrogens with zero attached hydrogens (tertiary/aromatic N) is 1. The van der Waals surface area contributed by atoms with Gasteiger partial charge in [-0.15, -0.1) is 0 Å². The Labute approximate surface area is 179 Å². The van der Waals surface area contributed by atoms with Crippen LogP contribution in [-0.2, 0) is 9.59 Å². The van der Waals surface area contributed by atoms with E-state index in [-0.39, 0.29) is 17.9 Å². The Balaban J connectivity index is 1.51. The number of quaternary nitrogens is 2. The van der Waals surface area contributed by atoms with E-state index < -0.39 is 0 Å². The molecule has 1 heterocycles. The standard InChI is InChI=1S/C24H32N4O2/c1-2-13-25-22(29)19-27-14-16-28(17-15-27)23(30)18-26-24(20-9-5-3-6-10-20)21-11-7-4-8-12-21/h3-12,24,26H,2,13-19H2,1H3,(H,25,29)/p+2. The molecule has 0 atom stereocenters. The third-order valence-electron chi connectivity index (χ3n) is 5.65. The van der Waals surface area contributed by atoms with Crippen molar-refractivity contribution in [2.24, 2.45) is 0 Å². The molecule has 0 bridgehead atoms. The zero-order chi connectivity index (χ0) is 21.2. The number of hydrogen-bond acceptors (Lipinski definition) is 2. The molecule has 0 unspecified atom stereocenters. The van der Waals surface area contributed by atoms with Gasteiger partial charge in [0.05, 0.1) is 26.2 Å². The first-order valence-electron chi connectivity index (χ1n) is 11.0. The van der Waals surface area contributed by atoms with Gasteiger partial charge in [0.25, 0.3) is 11.8 Å². The first kappa shape index (κ1) is 22.0. The van der Waals surface area contributed by atoms with E-state index >= 15 is 0 Å². The fraction of sp³-hybridized carbons (Fsp3) is 0.417. The van der Waals surface area contributed by atoms with Gasteiger partial charge >= 0.3 is 0 Å². The van der Waals surface area contributed by atoms with Crippen LogP contribution < -0.4 is 15.5 Å². The Hall–Kier alpha value is -2.70. The van der Waals surface area contributed by atoms with Crippen molar-refractivity contribution in [1.29, 1.82) is 0 Å². The summed E-state index contributed by atoms with van der Waals surface area (Å²) in [6.45, 7) is 6.78. The van der Waals surface area contributed by atoms with Crippen LogP contribution in [0.5, 0.6) is 0 Å². The van der Waals surface area contributed by atoms with Crippen molar-refractivity contribution in [3.05, 3.63) is 71.8 Å². The van der Waals surface area contributed by atoms with E-state index in [2.05, 4.69) is 41.8 Å². The molecule has 2 amide bonds. The molecule has 0 spiro atoms. The summed E-state index contributed by atoms with van der Waals surface area (Å²) in [6, 6.07) is 20.8. The molecule has 0 aromatic heterocycles. The van der Waals surface area contributed by atoms with E-state index in [0.717, 1.165) is 26.1 Å². The van der Waals surface area contributed by atoms with Gasteiger partial charge in [-0.2, -0.15) is 0 Å². The average Bonchev–Trinajstić information content (AvgIpc) is 2.79. The first-order valence-corrected chi connectivity index (χ1v) is 11.0. The quantitative estimate of drug-likeness (QED) is 0.526. The third-order valence-corrected chi connectivity index (χ3v) is 5.65. The van der Waals surface area contributed by atoms with Crippen LogP contribution in [0.3, 0.4) is 0 Å². The topological polar surface area (TPSA) is 70.5 Å². The Morgan fingerprint density at radius 3 is 2.10 bits per heavy atom. The van der Waals surface area contributed by atoms with Gasteiger partial charge in [-0.3, -0.25) is 9.59 Å². The predicted molar refractivity (Wildman–Crippen MR) is 117 cm³/mol. The smallest absolute Gasteiger partial charge is 0.278 e. The lowest BCUT2D eigenvalue weighted by Crippen LogP contribution is -3.16. The van der Waals surface area contributed by atoms with Gasteiger partial charge in [0.1, 0.15) is 6.04 Å². The van der Waals surface area contributed by atoms with Gasteiger partial charge in [0.15, 0.2) is 13.1 Å². The van der Waals surface area contributed by atoms with Gasteiger partial charge in [0, 0.05) is 17.7 Å². The maximum atomic E-state index is 12.8. The molecular weight excluding hydrogens is 376 g/mol. The summed E-state index contributed by atoms with van der Waals surface area (Å²) in [4.78, 5) is 28.0. The number of piperazine rings is 1. The van der Waals surface area contributed by atoms with Gasteiger partial charge in [-0.1, -0.05) is 67.6 Å². The van der Waals surface area contributed by atoms with Crippen molar-refractivity contribution in [2.75, 3.05) is 45.8 Å². The maximum Gasteiger partial charge on any atom is 0.278 e. The van der Waals surface area contributed by atoms with E-state index in [9.17, 15) is 9.59 Å². The number of nitrogens with two attached hydrogens (primary N) is 1. The summed E-state index contributed by atoms with van der Waals surface area (Å²) in [5.74, 6) is 0.273. The minimum Gasteiger partial charge on any atom is -0.351 e. The monoisotopic (exact) mass is 410 g/mol. The lowest BCUT2D eigenvalue weighted by atomic mass is 9.99. The average molecular weight is 411 g/mol. The molecule has 3 rings (SSSR count). The summed E-state index contributed by atoms with van der Waals surface area (Å²) < 4.78 is 0. The van der Waals surface area contributed by atoms with Crippen molar-refractivity contribution in [2.45, 2.75) is 19.4 Å². The molecule has 0 saturated carbocycles. The number of benzene rings is 2. The van der Waals surface area contributed by atoms with Crippen LogP contribution in [-0.4, -0.2) is 62.5 Å². The van der Waals surface area contributed by atoms with Crippen molar-refractivity contribution in [3.8, 4) is 0 Å². The van der Waals surface area contributed by atoms with Crippen molar-refractivity contribution in [3.63, 3.8) is 0 Å². The van der Waals surface area contributed by atoms with Gasteiger partial charge in [0.2, 0.25) is 0 Å². The second-order valence-corrected chi connectivity index (χ2v) is 7.90. The first-order chi connectivity index (χ1) is 14.7. The lowest BCUT2D eigenvalue weighted by molar-refractivity contribution is -0.896. The van der Waals surface area contributed by atoms with Crippen molar-refractivity contribution < 1.29 is 19.8 Å². The zero-order valence-corrected chi connectivity index (χ0v) is 17.8. The number of carbonyl (C=O) groups is 2. The predicted octanol–water partition coefficient (Wildman–Crippen LogP) is -0.407. The van der Waals surface area contributed by atoms with Gasteiger partial charge in [-0.05, 0) is 6.42 Å². The molecule has 160 valence electrons. The molecule has 6 nitrogen and oxygen atoms in total. The number of rotatable bonds is 9. The largest absolute Gasteiger partial charge is 0.351 e. The summed E-state index contributed by atoms with van der Waals surface area (Å²) in [5, 5.41) is 5.06. The number of nitrogens with one attached hydrogen (secondary N) is 2. The molecule has 4 N–H and O–H groups in total. The van der Waals surface area contributed by atoms with Crippen molar-refractivity contribution >= 4 is 11.8 Å². The Morgan fingerprint density at radius 2 is 1.57 bits per heavy atom. The molecule has 0 radical (unpaired) electrons. The molecule has 1 saturated heterocycles. The lowest BCUT2D eigenvalue weighted by Gasteiger charge is -2.31. The summed E-state index contributed by atoms with van der Waals surface area (Å²) in [6.07, 6.45) is 0.951. The fourth-order valence-corrected chi connectivity index (χ4v) is 3.94. The summed E-state index contributed by atoms with van der Waals surface area (Å²) >= 11 is 0. The molecule has 1 aliphatic rings. The highest BCUT2D eigenvalue weighted by molar-refractivity contribution is 5.77. The minimum absolute atomic E-state index is 0.102. The van der Waals surface area contributed by atoms with E-state index in [1.165, 1.54) is 16.0 Å². The highest BCUT2D eigenvalue weighted by Crippen LogP contribution is 2.17. The van der Waals surface area contributed by atoms with Gasteiger partial charge < -0.3 is 20.4 Å². The number of amides is 2. The van der Waals surface area contributed by atoms with E-state index in [1.54, 1.807) is 0 Å². The van der Waals surface area contributed by atoms with E-state index in [4.69, 9.17) is 0 Å². The SMILES string of the molecule is CCCNC(=O)C[NH+]1CCN(C(=O)C[NH2+]C(c2ccccc2)c2ccccc2)CC1. The second-order valence-electron chi connectivity index (χ2n) is 7.90. The van der Waals surface area contributed by atoms with E-state index in [1.807, 2.05) is 41.3 Å². The minimum atomic E-state index is 0.102. The Bertz CT molecular complexity index is 750. The summed E-state index contributed by atoms with van der Waals surface area (Å²) in [5.41, 5.74) is 2.40. The van der Waals surface area contributed by atoms with Gasteiger partial charge in [-0.25, -0.2) is 0 Å². The van der Waals surface area contributed by atoms with Crippen LogP contribution >= 0.6 is 0 Å². The maximum absolute atomic E-state index is 12.8. The molecule has 2 aromatic carbocycles. The normalized spacial score (nSPS) is 14.7. The van der Waals surface area contributed by atoms with Crippen LogP contribution in [0, 0.1) is 0 Å². The number of hydrogen-bond donors (Lipinski definition) is 3. The third kappa shape index (κ3) is 6.40. The highest BCUT2D eigenvalue weighted by atomic mass is 16.2. The Kier molecular flexibility index (Phi) is 8.41. The zero-order valence-electron chi connectivity index (χ0n) is 17.8. The Morgan fingerprint density at radius 1 is 1.00 bits per heavy atom. The van der Waals surface area contributed by atoms with Crippen LogP contribution in [0.25, 0.3) is 0 Å². The van der Waals surface area contributed by atoms with E-state index in [0.29, 0.717) is 26.2 Å². The highest BCUT2D eigenvalue weighted by Gasteiger charge is 2.27. The van der Waals surface area contributed by atoms with Crippen LogP contribution in [0.4, 0.5) is 0 Å². The van der Waals surface area contributed by atoms with Crippen molar-refractivity contribution in [1.82, 2.24) is 10.2 Å². The fourth-order valence-electron chi connectivity index (χ4n) is 3.94. The molecule has 1 aliphatic heterocycles. The number of carbonyl (C=O) groups excluding carboxylic acids is 2. The molecule has 1 fully saturated rings. The van der Waals surface area contributed by atoms with Crippen LogP contribution in [0.2, 0.25) is 0 Å². The molecule has 6 heteroatoms. The molecule has 30 heavy (non-hydrogen) atoms. The molecule has 2 aromatic rings.